The molecule has 2 aliphatic heterocycles. The number of likely N-dealkylation sites (tertiary alicyclic amines) is 1. The van der Waals surface area contributed by atoms with Gasteiger partial charge in [-0.1, -0.05) is 0 Å². The molecule has 0 aliphatic carbocycles. The molecule has 0 radical (unpaired) electrons. The number of thiophene rings is 1. The molecule has 0 saturated carbocycles. The van der Waals surface area contributed by atoms with Gasteiger partial charge >= 0.3 is 5.97 Å². The first-order valence-electron chi connectivity index (χ1n) is 7.54. The van der Waals surface area contributed by atoms with E-state index in [2.05, 4.69) is 21.2 Å². The molecule has 2 saturated heterocycles. The third kappa shape index (κ3) is 3.63. The zero-order chi connectivity index (χ0) is 14.7. The molecular weight excluding hydrogens is 288 g/mol. The monoisotopic (exact) mass is 310 g/mol. The van der Waals surface area contributed by atoms with Crippen LogP contribution in [0.2, 0.25) is 0 Å². The summed E-state index contributed by atoms with van der Waals surface area (Å²) in [5.74, 6) is -0.691. The molecule has 0 amide bonds. The number of carboxylic acids is 1. The zero-order valence-corrected chi connectivity index (χ0v) is 12.9. The van der Waals surface area contributed by atoms with Crippen LogP contribution in [0.4, 0.5) is 0 Å². The van der Waals surface area contributed by atoms with Crippen LogP contribution in [0.1, 0.15) is 18.4 Å². The molecule has 2 atom stereocenters. The minimum Gasteiger partial charge on any atom is -0.480 e. The summed E-state index contributed by atoms with van der Waals surface area (Å²) in [5, 5.41) is 13.7. The third-order valence-corrected chi connectivity index (χ3v) is 5.23. The number of rotatable bonds is 4. The van der Waals surface area contributed by atoms with Crippen molar-refractivity contribution in [3.8, 4) is 0 Å². The van der Waals surface area contributed by atoms with Gasteiger partial charge in [-0.3, -0.25) is 14.6 Å². The van der Waals surface area contributed by atoms with E-state index in [9.17, 15) is 9.90 Å². The fourth-order valence-corrected chi connectivity index (χ4v) is 3.99. The number of piperidine rings is 1. The molecule has 0 unspecified atom stereocenters. The number of nitrogens with zero attached hydrogens (tertiary/aromatic N) is 2. The van der Waals surface area contributed by atoms with Gasteiger partial charge in [0.1, 0.15) is 6.04 Å². The van der Waals surface area contributed by atoms with Crippen molar-refractivity contribution in [1.82, 2.24) is 9.80 Å². The van der Waals surface area contributed by atoms with Gasteiger partial charge < -0.3 is 9.84 Å². The zero-order valence-electron chi connectivity index (χ0n) is 12.1. The first-order chi connectivity index (χ1) is 10.2. The van der Waals surface area contributed by atoms with E-state index in [0.717, 1.165) is 52.2 Å². The van der Waals surface area contributed by atoms with Crippen LogP contribution in [0.25, 0.3) is 0 Å². The Kier molecular flexibility index (Phi) is 4.90. The summed E-state index contributed by atoms with van der Waals surface area (Å²) in [4.78, 5) is 16.2. The van der Waals surface area contributed by atoms with Crippen LogP contribution in [-0.2, 0) is 16.1 Å². The molecule has 1 aromatic heterocycles. The maximum Gasteiger partial charge on any atom is 0.320 e. The van der Waals surface area contributed by atoms with Crippen LogP contribution >= 0.6 is 11.3 Å². The normalized spacial score (nSPS) is 28.6. The largest absolute Gasteiger partial charge is 0.480 e. The van der Waals surface area contributed by atoms with Crippen molar-refractivity contribution < 1.29 is 14.6 Å². The maximum absolute atomic E-state index is 11.6. The van der Waals surface area contributed by atoms with E-state index in [0.29, 0.717) is 6.04 Å². The van der Waals surface area contributed by atoms with Crippen LogP contribution in [0.3, 0.4) is 0 Å². The van der Waals surface area contributed by atoms with Crippen molar-refractivity contribution in [2.75, 3.05) is 32.8 Å². The van der Waals surface area contributed by atoms with Crippen LogP contribution in [-0.4, -0.2) is 65.8 Å². The van der Waals surface area contributed by atoms with E-state index in [-0.39, 0.29) is 6.04 Å². The first kappa shape index (κ1) is 15.0. The highest BCUT2D eigenvalue weighted by atomic mass is 32.1. The fourth-order valence-electron chi connectivity index (χ4n) is 3.33. The van der Waals surface area contributed by atoms with E-state index in [1.807, 2.05) is 5.38 Å². The van der Waals surface area contributed by atoms with Crippen molar-refractivity contribution in [3.63, 3.8) is 0 Å². The topological polar surface area (TPSA) is 53.0 Å². The summed E-state index contributed by atoms with van der Waals surface area (Å²) >= 11 is 1.66. The Balaban J connectivity index is 1.63. The van der Waals surface area contributed by atoms with Crippen molar-refractivity contribution in [3.05, 3.63) is 22.4 Å². The Morgan fingerprint density at radius 2 is 2.19 bits per heavy atom. The Morgan fingerprint density at radius 1 is 1.38 bits per heavy atom. The molecule has 6 heteroatoms. The summed E-state index contributed by atoms with van der Waals surface area (Å²) in [5.41, 5.74) is 1.22. The van der Waals surface area contributed by atoms with Gasteiger partial charge in [0.15, 0.2) is 0 Å². The predicted molar refractivity (Wildman–Crippen MR) is 81.6 cm³/mol. The van der Waals surface area contributed by atoms with Crippen molar-refractivity contribution in [1.29, 1.82) is 0 Å². The quantitative estimate of drug-likeness (QED) is 0.913. The molecule has 21 heavy (non-hydrogen) atoms. The second-order valence-electron chi connectivity index (χ2n) is 5.78. The van der Waals surface area contributed by atoms with Crippen LogP contribution in [0.15, 0.2) is 16.8 Å². The number of carbonyl (C=O) groups is 1. The smallest absolute Gasteiger partial charge is 0.320 e. The van der Waals surface area contributed by atoms with Gasteiger partial charge in [0, 0.05) is 32.2 Å². The van der Waals surface area contributed by atoms with Crippen molar-refractivity contribution in [2.45, 2.75) is 31.5 Å². The summed E-state index contributed by atoms with van der Waals surface area (Å²) < 4.78 is 5.39. The number of hydrogen-bond donors (Lipinski definition) is 1. The van der Waals surface area contributed by atoms with Gasteiger partial charge in [-0.05, 0) is 35.2 Å². The fraction of sp³-hybridized carbons (Fsp3) is 0.667. The van der Waals surface area contributed by atoms with Gasteiger partial charge in [0.25, 0.3) is 0 Å². The summed E-state index contributed by atoms with van der Waals surface area (Å²) in [6, 6.07) is 2.10. The number of aliphatic carboxylic acids is 1. The molecular formula is C15H22N2O3S. The highest BCUT2D eigenvalue weighted by Crippen LogP contribution is 2.25. The molecule has 3 rings (SSSR count). The van der Waals surface area contributed by atoms with Crippen molar-refractivity contribution >= 4 is 17.3 Å². The van der Waals surface area contributed by atoms with Crippen LogP contribution in [0.5, 0.6) is 0 Å². The van der Waals surface area contributed by atoms with E-state index in [1.54, 1.807) is 11.3 Å². The van der Waals surface area contributed by atoms with Crippen molar-refractivity contribution in [2.24, 2.45) is 0 Å². The number of morpholine rings is 1. The molecule has 2 aliphatic rings. The average molecular weight is 310 g/mol. The highest BCUT2D eigenvalue weighted by molar-refractivity contribution is 7.07. The standard InChI is InChI=1S/C15H22N2O3S/c18-15(19)14-9-13(16-4-6-20-7-5-16)1-3-17(14)10-12-2-8-21-11-12/h2,8,11,13-14H,1,3-7,9-10H2,(H,18,19)/t13-,14-/m0/s1. The molecule has 116 valence electrons. The number of carboxylic acid groups (broad SMARTS) is 1. The molecule has 1 N–H and O–H groups in total. The molecule has 0 aromatic carbocycles. The van der Waals surface area contributed by atoms with Gasteiger partial charge in [-0.2, -0.15) is 11.3 Å². The third-order valence-electron chi connectivity index (χ3n) is 4.50. The van der Waals surface area contributed by atoms with E-state index in [1.165, 1.54) is 5.56 Å². The second kappa shape index (κ2) is 6.87. The lowest BCUT2D eigenvalue weighted by molar-refractivity contribution is -0.146. The second-order valence-corrected chi connectivity index (χ2v) is 6.56. The van der Waals surface area contributed by atoms with Gasteiger partial charge in [0.05, 0.1) is 13.2 Å². The minimum absolute atomic E-state index is 0.369. The van der Waals surface area contributed by atoms with E-state index >= 15 is 0 Å². The Morgan fingerprint density at radius 3 is 2.86 bits per heavy atom. The molecule has 0 spiro atoms. The van der Waals surface area contributed by atoms with E-state index < -0.39 is 5.97 Å². The van der Waals surface area contributed by atoms with E-state index in [4.69, 9.17) is 4.74 Å². The lowest BCUT2D eigenvalue weighted by atomic mass is 9.95. The highest BCUT2D eigenvalue weighted by Gasteiger charge is 2.36. The number of hydrogen-bond acceptors (Lipinski definition) is 5. The summed E-state index contributed by atoms with van der Waals surface area (Å²) in [7, 11) is 0. The Bertz CT molecular complexity index is 459. The van der Waals surface area contributed by atoms with Gasteiger partial charge in [-0.25, -0.2) is 0 Å². The number of ether oxygens (including phenoxy) is 1. The maximum atomic E-state index is 11.6. The SMILES string of the molecule is O=C(O)[C@@H]1C[C@@H](N2CCOCC2)CCN1Cc1ccsc1. The summed E-state index contributed by atoms with van der Waals surface area (Å²) in [6.45, 7) is 5.01. The first-order valence-corrected chi connectivity index (χ1v) is 8.48. The molecule has 5 nitrogen and oxygen atoms in total. The lowest BCUT2D eigenvalue weighted by Gasteiger charge is -2.43. The van der Waals surface area contributed by atoms with Gasteiger partial charge in [0.2, 0.25) is 0 Å². The molecule has 0 bridgehead atoms. The average Bonchev–Trinajstić information content (AvgIpc) is 3.01. The molecule has 3 heterocycles. The summed E-state index contributed by atoms with van der Waals surface area (Å²) in [6.07, 6.45) is 1.77. The predicted octanol–water partition coefficient (Wildman–Crippen LogP) is 1.50. The Labute approximate surface area is 129 Å². The lowest BCUT2D eigenvalue weighted by Crippen LogP contribution is -2.54. The van der Waals surface area contributed by atoms with Crippen LogP contribution < -0.4 is 0 Å². The minimum atomic E-state index is -0.691. The van der Waals surface area contributed by atoms with Crippen LogP contribution in [0, 0.1) is 0 Å². The Hall–Kier alpha value is -0.950. The van der Waals surface area contributed by atoms with Gasteiger partial charge in [-0.15, -0.1) is 0 Å². The molecule has 1 aromatic rings. The molecule has 2 fully saturated rings.